The Morgan fingerprint density at radius 3 is 2.45 bits per heavy atom. The van der Waals surface area contributed by atoms with E-state index < -0.39 is 79.1 Å². The second-order valence-electron chi connectivity index (χ2n) is 17.6. The zero-order valence-corrected chi connectivity index (χ0v) is 38.6. The zero-order valence-electron chi connectivity index (χ0n) is 38.6. The fourth-order valence-corrected chi connectivity index (χ4v) is 9.00. The predicted octanol–water partition coefficient (Wildman–Crippen LogP) is 1.66. The van der Waals surface area contributed by atoms with E-state index in [-0.39, 0.29) is 56.6 Å². The van der Waals surface area contributed by atoms with Gasteiger partial charge in [-0.05, 0) is 74.4 Å². The Bertz CT molecular complexity index is 2420. The van der Waals surface area contributed by atoms with Gasteiger partial charge >= 0.3 is 0 Å². The summed E-state index contributed by atoms with van der Waals surface area (Å²) >= 11 is 0. The van der Waals surface area contributed by atoms with E-state index in [1.54, 1.807) is 17.0 Å². The number of likely N-dealkylation sites (tertiary alicyclic amines) is 1. The van der Waals surface area contributed by atoms with Gasteiger partial charge in [0.2, 0.25) is 29.5 Å². The van der Waals surface area contributed by atoms with Crippen molar-refractivity contribution in [2.45, 2.75) is 127 Å². The third-order valence-corrected chi connectivity index (χ3v) is 12.6. The van der Waals surface area contributed by atoms with Crippen molar-refractivity contribution in [3.05, 3.63) is 95.1 Å². The summed E-state index contributed by atoms with van der Waals surface area (Å²) in [4.78, 5) is 98.3. The van der Waals surface area contributed by atoms with Gasteiger partial charge in [-0.15, -0.1) is 0 Å². The van der Waals surface area contributed by atoms with Crippen molar-refractivity contribution in [2.24, 2.45) is 10.7 Å². The molecule has 7 rings (SSSR count). The molecule has 1 unspecified atom stereocenters. The van der Waals surface area contributed by atoms with Crippen LogP contribution in [0.1, 0.15) is 92.3 Å². The molecule has 20 nitrogen and oxygen atoms in total. The smallest absolute Gasteiger partial charge is 0.260 e. The monoisotopic (exact) mass is 952 g/mol. The lowest BCUT2D eigenvalue weighted by Crippen LogP contribution is -2.66. The van der Waals surface area contributed by atoms with Gasteiger partial charge in [0.25, 0.3) is 11.8 Å². The van der Waals surface area contributed by atoms with Crippen LogP contribution in [-0.4, -0.2) is 136 Å². The molecule has 0 aliphatic carbocycles. The average Bonchev–Trinajstić information content (AvgIpc) is 3.94. The Labute approximate surface area is 399 Å². The first-order chi connectivity index (χ1) is 33.2. The van der Waals surface area contributed by atoms with Crippen molar-refractivity contribution in [3.8, 4) is 0 Å². The van der Waals surface area contributed by atoms with Crippen molar-refractivity contribution >= 4 is 58.6 Å². The minimum Gasteiger partial charge on any atom is -0.394 e. The number of nitrogens with two attached hydrogens (primary N) is 1. The molecule has 69 heavy (non-hydrogen) atoms. The summed E-state index contributed by atoms with van der Waals surface area (Å²) in [6, 6.07) is 18.7. The van der Waals surface area contributed by atoms with E-state index in [0.29, 0.717) is 55.9 Å². The molecule has 368 valence electrons. The van der Waals surface area contributed by atoms with Crippen LogP contribution in [0.15, 0.2) is 77.8 Å². The second kappa shape index (κ2) is 23.1. The molecule has 2 fully saturated rings. The van der Waals surface area contributed by atoms with Gasteiger partial charge in [-0.25, -0.2) is 4.99 Å². The van der Waals surface area contributed by atoms with E-state index in [1.165, 1.54) is 18.7 Å². The van der Waals surface area contributed by atoms with Crippen molar-refractivity contribution in [2.75, 3.05) is 25.0 Å². The SMILES string of the molecule is CC(=O)N[C@H]1[C@@H](OCc2ccccc2)O[C@H](CO)[C@@H](O)[C@@H]1OC(C)C(=O)N1CCC[C@H]1C(=O)N[C@H](CCC(=O)NCCCCCC(=O)Nc1ccc2c(c1)CN1C(=O)c3ccccc3C1=N2)C(N)=O. The lowest BCUT2D eigenvalue weighted by Gasteiger charge is -2.45. The van der Waals surface area contributed by atoms with E-state index in [4.69, 9.17) is 24.9 Å². The number of carbonyl (C=O) groups excluding carboxylic acids is 7. The van der Waals surface area contributed by atoms with Crippen molar-refractivity contribution in [1.29, 1.82) is 0 Å². The number of carbonyl (C=O) groups is 7. The van der Waals surface area contributed by atoms with Crippen LogP contribution in [-0.2, 0) is 56.1 Å². The molecular formula is C49H60N8O12. The highest BCUT2D eigenvalue weighted by molar-refractivity contribution is 6.24. The van der Waals surface area contributed by atoms with E-state index in [0.717, 1.165) is 22.4 Å². The summed E-state index contributed by atoms with van der Waals surface area (Å²) in [5.41, 5.74) is 10.0. The Morgan fingerprint density at radius 2 is 1.71 bits per heavy atom. The van der Waals surface area contributed by atoms with E-state index in [2.05, 4.69) is 21.3 Å². The summed E-state index contributed by atoms with van der Waals surface area (Å²) in [6.07, 6.45) is -3.73. The molecule has 8 atom stereocenters. The summed E-state index contributed by atoms with van der Waals surface area (Å²) in [5, 5.41) is 32.2. The Hall–Kier alpha value is -6.58. The van der Waals surface area contributed by atoms with Crippen LogP contribution in [0.25, 0.3) is 0 Å². The average molecular weight is 953 g/mol. The molecule has 3 aromatic rings. The number of hydrogen-bond acceptors (Lipinski definition) is 13. The Kier molecular flexibility index (Phi) is 16.9. The van der Waals surface area contributed by atoms with Gasteiger partial charge in [0.15, 0.2) is 6.29 Å². The third-order valence-electron chi connectivity index (χ3n) is 12.6. The lowest BCUT2D eigenvalue weighted by molar-refractivity contribution is -0.283. The molecule has 4 aliphatic rings. The van der Waals surface area contributed by atoms with Crippen LogP contribution in [0.2, 0.25) is 0 Å². The summed E-state index contributed by atoms with van der Waals surface area (Å²) in [6.45, 7) is 3.04. The number of rotatable bonds is 21. The maximum atomic E-state index is 13.9. The van der Waals surface area contributed by atoms with E-state index >= 15 is 0 Å². The number of primary amides is 1. The van der Waals surface area contributed by atoms with Crippen LogP contribution in [0.4, 0.5) is 11.4 Å². The fourth-order valence-electron chi connectivity index (χ4n) is 9.00. The van der Waals surface area contributed by atoms with Crippen molar-refractivity contribution < 1.29 is 58.0 Å². The number of fused-ring (bicyclic) bond motifs is 4. The molecule has 4 aliphatic heterocycles. The van der Waals surface area contributed by atoms with Gasteiger partial charge < -0.3 is 56.3 Å². The van der Waals surface area contributed by atoms with Gasteiger partial charge in [0.05, 0.1) is 31.0 Å². The quantitative estimate of drug-likeness (QED) is 0.0752. The summed E-state index contributed by atoms with van der Waals surface area (Å²) in [5.74, 6) is -2.56. The number of amides is 7. The Morgan fingerprint density at radius 1 is 0.957 bits per heavy atom. The molecule has 3 aromatic carbocycles. The van der Waals surface area contributed by atoms with Gasteiger partial charge in [-0.2, -0.15) is 0 Å². The normalized spacial score (nSPS) is 22.3. The largest absolute Gasteiger partial charge is 0.394 e. The minimum atomic E-state index is -1.48. The molecule has 7 amide bonds. The maximum Gasteiger partial charge on any atom is 0.260 e. The summed E-state index contributed by atoms with van der Waals surface area (Å²) < 4.78 is 17.9. The topological polar surface area (TPSA) is 281 Å². The lowest BCUT2D eigenvalue weighted by atomic mass is 9.96. The predicted molar refractivity (Wildman–Crippen MR) is 249 cm³/mol. The highest BCUT2D eigenvalue weighted by Crippen LogP contribution is 2.35. The van der Waals surface area contributed by atoms with Crippen molar-refractivity contribution in [1.82, 2.24) is 25.8 Å². The van der Waals surface area contributed by atoms with Gasteiger partial charge in [0, 0.05) is 44.1 Å². The summed E-state index contributed by atoms with van der Waals surface area (Å²) in [7, 11) is 0. The van der Waals surface area contributed by atoms with Crippen LogP contribution >= 0.6 is 0 Å². The number of benzene rings is 3. The molecule has 0 aromatic heterocycles. The third kappa shape index (κ3) is 12.4. The van der Waals surface area contributed by atoms with Crippen LogP contribution in [0.5, 0.6) is 0 Å². The molecular weight excluding hydrogens is 893 g/mol. The number of amidine groups is 1. The van der Waals surface area contributed by atoms with Gasteiger partial charge in [-0.3, -0.25) is 38.5 Å². The molecule has 0 spiro atoms. The first kappa shape index (κ1) is 50.3. The number of nitrogens with zero attached hydrogens (tertiary/aromatic N) is 3. The number of anilines is 1. The number of ether oxygens (including phenoxy) is 3. The number of unbranched alkanes of at least 4 members (excludes halogenated alkanes) is 2. The second-order valence-corrected chi connectivity index (χ2v) is 17.6. The fraction of sp³-hybridized carbons (Fsp3) is 0.469. The Balaban J connectivity index is 0.823. The molecule has 20 heteroatoms. The first-order valence-corrected chi connectivity index (χ1v) is 23.3. The molecule has 0 bridgehead atoms. The van der Waals surface area contributed by atoms with Gasteiger partial charge in [0.1, 0.15) is 48.4 Å². The molecule has 0 saturated carbocycles. The number of nitrogens with one attached hydrogen (secondary N) is 4. The van der Waals surface area contributed by atoms with Crippen molar-refractivity contribution in [3.63, 3.8) is 0 Å². The van der Waals surface area contributed by atoms with Crippen LogP contribution < -0.4 is 27.0 Å². The molecule has 2 saturated heterocycles. The number of aliphatic imine (C=N–C) groups is 1. The van der Waals surface area contributed by atoms with Gasteiger partial charge in [-0.1, -0.05) is 55.0 Å². The number of hydrogen-bond donors (Lipinski definition) is 7. The molecule has 0 radical (unpaired) electrons. The van der Waals surface area contributed by atoms with Crippen LogP contribution in [0, 0.1) is 0 Å². The molecule has 8 N–H and O–H groups in total. The first-order valence-electron chi connectivity index (χ1n) is 23.3. The highest BCUT2D eigenvalue weighted by Gasteiger charge is 2.49. The highest BCUT2D eigenvalue weighted by atomic mass is 16.7. The minimum absolute atomic E-state index is 0.0706. The van der Waals surface area contributed by atoms with E-state index in [1.807, 2.05) is 60.7 Å². The van der Waals surface area contributed by atoms with Crippen LogP contribution in [0.3, 0.4) is 0 Å². The number of aliphatic hydroxyl groups is 2. The standard InChI is InChI=1S/C49H60N8O12/c1-28(68-43-41(52-29(2)59)49(69-38(26-58)42(43)62)67-27-30-12-5-3-6-13-30)47(65)56-23-11-16-37(56)46(64)55-36(44(50)63)20-21-39(60)51-22-10-4-7-17-40(61)53-32-18-19-35-31(24-32)25-57-45(54-35)33-14-8-9-15-34(33)48(57)66/h3,5-6,8-9,12-15,18-19,24,28,36-38,41-43,49,58,62H,4,7,10-11,16-17,20-23,25-27H2,1-2H3,(H2,50,63)(H,51,60)(H,52,59)(H,53,61)(H,55,64)/t28?,36-,37+,38-,41-,42-,43-,49+/m1/s1. The van der Waals surface area contributed by atoms with E-state index in [9.17, 15) is 43.8 Å². The number of aliphatic hydroxyl groups excluding tert-OH is 2. The zero-order chi connectivity index (χ0) is 49.2. The molecule has 4 heterocycles. The maximum absolute atomic E-state index is 13.9.